The lowest BCUT2D eigenvalue weighted by Gasteiger charge is -2.10. The predicted molar refractivity (Wildman–Crippen MR) is 99.8 cm³/mol. The lowest BCUT2D eigenvalue weighted by atomic mass is 10.1. The molecular formula is C19H16ClN3O3. The molecule has 132 valence electrons. The first-order chi connectivity index (χ1) is 12.4. The highest BCUT2D eigenvalue weighted by Crippen LogP contribution is 2.21. The van der Waals surface area contributed by atoms with Crippen LogP contribution in [0.2, 0.25) is 5.02 Å². The van der Waals surface area contributed by atoms with Gasteiger partial charge in [0.25, 0.3) is 11.8 Å². The van der Waals surface area contributed by atoms with E-state index in [9.17, 15) is 9.59 Å². The number of halogens is 1. The van der Waals surface area contributed by atoms with Crippen LogP contribution in [0.5, 0.6) is 0 Å². The van der Waals surface area contributed by atoms with Crippen LogP contribution in [0.25, 0.3) is 0 Å². The predicted octanol–water partition coefficient (Wildman–Crippen LogP) is 4.45. The molecule has 1 heterocycles. The minimum Gasteiger partial charge on any atom is -0.360 e. The number of hydrogen-bond acceptors (Lipinski definition) is 4. The zero-order valence-electron chi connectivity index (χ0n) is 14.2. The Hall–Kier alpha value is -3.12. The first kappa shape index (κ1) is 17.7. The Labute approximate surface area is 155 Å². The molecule has 7 heteroatoms. The van der Waals surface area contributed by atoms with Gasteiger partial charge in [0.1, 0.15) is 5.76 Å². The topological polar surface area (TPSA) is 84.2 Å². The molecule has 0 atom stereocenters. The normalized spacial score (nSPS) is 10.4. The van der Waals surface area contributed by atoms with E-state index in [0.717, 1.165) is 5.56 Å². The number of rotatable bonds is 4. The van der Waals surface area contributed by atoms with E-state index in [1.807, 2.05) is 13.0 Å². The number of hydrogen-bond donors (Lipinski definition) is 2. The number of carbonyl (C=O) groups excluding carboxylic acids is 2. The fraction of sp³-hybridized carbons (Fsp3) is 0.105. The summed E-state index contributed by atoms with van der Waals surface area (Å²) in [7, 11) is 0. The van der Waals surface area contributed by atoms with Crippen molar-refractivity contribution in [3.05, 3.63) is 76.0 Å². The summed E-state index contributed by atoms with van der Waals surface area (Å²) in [6.45, 7) is 3.60. The number of anilines is 2. The summed E-state index contributed by atoms with van der Waals surface area (Å²) < 4.78 is 4.91. The van der Waals surface area contributed by atoms with Crippen molar-refractivity contribution in [1.82, 2.24) is 5.16 Å². The molecule has 0 aliphatic heterocycles. The third kappa shape index (κ3) is 4.10. The maximum atomic E-state index is 12.5. The van der Waals surface area contributed by atoms with Crippen LogP contribution in [0.1, 0.15) is 32.0 Å². The molecule has 0 fully saturated rings. The van der Waals surface area contributed by atoms with Gasteiger partial charge in [-0.25, -0.2) is 0 Å². The van der Waals surface area contributed by atoms with E-state index < -0.39 is 0 Å². The Morgan fingerprint density at radius 2 is 1.65 bits per heavy atom. The van der Waals surface area contributed by atoms with E-state index in [1.165, 1.54) is 6.07 Å². The quantitative estimate of drug-likeness (QED) is 0.711. The number of aromatic nitrogens is 1. The number of benzene rings is 2. The maximum Gasteiger partial charge on any atom is 0.256 e. The smallest absolute Gasteiger partial charge is 0.256 e. The van der Waals surface area contributed by atoms with Crippen molar-refractivity contribution in [2.75, 3.05) is 10.6 Å². The van der Waals surface area contributed by atoms with Gasteiger partial charge in [-0.05, 0) is 49.7 Å². The molecule has 2 N–H and O–H groups in total. The van der Waals surface area contributed by atoms with Crippen molar-refractivity contribution >= 4 is 34.9 Å². The minimum atomic E-state index is -0.383. The molecule has 0 spiro atoms. The first-order valence-corrected chi connectivity index (χ1v) is 8.22. The Kier molecular flexibility index (Phi) is 5.04. The summed E-state index contributed by atoms with van der Waals surface area (Å²) in [6, 6.07) is 13.3. The van der Waals surface area contributed by atoms with Crippen molar-refractivity contribution in [2.24, 2.45) is 0 Å². The van der Waals surface area contributed by atoms with Gasteiger partial charge in [-0.3, -0.25) is 9.59 Å². The molecule has 0 saturated carbocycles. The van der Waals surface area contributed by atoms with Crippen LogP contribution < -0.4 is 10.6 Å². The number of nitrogens with one attached hydrogen (secondary N) is 2. The van der Waals surface area contributed by atoms with Crippen LogP contribution in [0.15, 0.2) is 53.1 Å². The summed E-state index contributed by atoms with van der Waals surface area (Å²) in [5, 5.41) is 9.67. The van der Waals surface area contributed by atoms with Crippen LogP contribution in [0, 0.1) is 13.8 Å². The van der Waals surface area contributed by atoms with E-state index in [-0.39, 0.29) is 11.8 Å². The van der Waals surface area contributed by atoms with Gasteiger partial charge in [-0.15, -0.1) is 0 Å². The fourth-order valence-electron chi connectivity index (χ4n) is 2.34. The lowest BCUT2D eigenvalue weighted by Crippen LogP contribution is -2.16. The van der Waals surface area contributed by atoms with Crippen molar-refractivity contribution in [2.45, 2.75) is 13.8 Å². The molecule has 6 nitrogen and oxygen atoms in total. The van der Waals surface area contributed by atoms with Crippen molar-refractivity contribution < 1.29 is 14.1 Å². The molecule has 0 unspecified atom stereocenters. The van der Waals surface area contributed by atoms with Gasteiger partial charge < -0.3 is 15.2 Å². The number of carbonyl (C=O) groups is 2. The highest BCUT2D eigenvalue weighted by atomic mass is 35.5. The first-order valence-electron chi connectivity index (χ1n) is 7.84. The Bertz CT molecular complexity index is 982. The molecule has 3 aromatic rings. The van der Waals surface area contributed by atoms with E-state index in [0.29, 0.717) is 33.4 Å². The van der Waals surface area contributed by atoms with Crippen molar-refractivity contribution in [1.29, 1.82) is 0 Å². The fourth-order valence-corrected chi connectivity index (χ4v) is 2.51. The van der Waals surface area contributed by atoms with Crippen LogP contribution in [-0.4, -0.2) is 17.0 Å². The van der Waals surface area contributed by atoms with E-state index in [1.54, 1.807) is 43.3 Å². The highest BCUT2D eigenvalue weighted by molar-refractivity contribution is 6.31. The van der Waals surface area contributed by atoms with Crippen LogP contribution in [0.3, 0.4) is 0 Å². The number of nitrogens with zero attached hydrogens (tertiary/aromatic N) is 1. The van der Waals surface area contributed by atoms with E-state index in [4.69, 9.17) is 16.1 Å². The van der Waals surface area contributed by atoms with E-state index >= 15 is 0 Å². The summed E-state index contributed by atoms with van der Waals surface area (Å²) in [5.41, 5.74) is 2.20. The second-order valence-corrected chi connectivity index (χ2v) is 6.21. The van der Waals surface area contributed by atoms with Crippen LogP contribution in [-0.2, 0) is 0 Å². The second kappa shape index (κ2) is 7.41. The third-order valence-electron chi connectivity index (χ3n) is 3.70. The summed E-state index contributed by atoms with van der Waals surface area (Å²) >= 11 is 5.97. The standard InChI is InChI=1S/C19H16ClN3O3/c1-11-6-7-15(20)10-16(11)21-18(24)13-4-3-5-14(9-13)19(25)22-17-8-12(2)26-23-17/h3-10H,1-2H3,(H,21,24)(H,22,23,25). The molecule has 26 heavy (non-hydrogen) atoms. The SMILES string of the molecule is Cc1cc(NC(=O)c2cccc(C(=O)Nc3cc(Cl)ccc3C)c2)no1. The zero-order valence-corrected chi connectivity index (χ0v) is 14.9. The minimum absolute atomic E-state index is 0.317. The highest BCUT2D eigenvalue weighted by Gasteiger charge is 2.13. The van der Waals surface area contributed by atoms with Crippen LogP contribution >= 0.6 is 11.6 Å². The average molecular weight is 370 g/mol. The summed E-state index contributed by atoms with van der Waals surface area (Å²) in [4.78, 5) is 24.8. The van der Waals surface area contributed by atoms with Crippen molar-refractivity contribution in [3.63, 3.8) is 0 Å². The number of aryl methyl sites for hydroxylation is 2. The molecule has 0 bridgehead atoms. The van der Waals surface area contributed by atoms with Gasteiger partial charge >= 0.3 is 0 Å². The third-order valence-corrected chi connectivity index (χ3v) is 3.94. The van der Waals surface area contributed by atoms with Gasteiger partial charge in [-0.1, -0.05) is 28.9 Å². The maximum absolute atomic E-state index is 12.5. The molecule has 1 aromatic heterocycles. The van der Waals surface area contributed by atoms with Gasteiger partial charge in [0.15, 0.2) is 5.82 Å². The van der Waals surface area contributed by atoms with E-state index in [2.05, 4.69) is 15.8 Å². The zero-order chi connectivity index (χ0) is 18.7. The molecule has 0 saturated heterocycles. The number of amides is 2. The van der Waals surface area contributed by atoms with Gasteiger partial charge in [0.2, 0.25) is 0 Å². The lowest BCUT2D eigenvalue weighted by molar-refractivity contribution is 0.102. The molecule has 0 aliphatic carbocycles. The summed E-state index contributed by atoms with van der Waals surface area (Å²) in [5.74, 6) is 0.191. The van der Waals surface area contributed by atoms with Crippen molar-refractivity contribution in [3.8, 4) is 0 Å². The van der Waals surface area contributed by atoms with Crippen LogP contribution in [0.4, 0.5) is 11.5 Å². The molecule has 2 amide bonds. The Balaban J connectivity index is 1.76. The summed E-state index contributed by atoms with van der Waals surface area (Å²) in [6.07, 6.45) is 0. The van der Waals surface area contributed by atoms with Gasteiger partial charge in [-0.2, -0.15) is 0 Å². The van der Waals surface area contributed by atoms with Gasteiger partial charge in [0.05, 0.1) is 0 Å². The average Bonchev–Trinajstić information content (AvgIpc) is 3.03. The molecular weight excluding hydrogens is 354 g/mol. The molecule has 2 aromatic carbocycles. The molecule has 0 radical (unpaired) electrons. The Morgan fingerprint density at radius 1 is 0.962 bits per heavy atom. The molecule has 0 aliphatic rings. The van der Waals surface area contributed by atoms with Gasteiger partial charge in [0, 0.05) is 27.9 Å². The molecule has 3 rings (SSSR count). The monoisotopic (exact) mass is 369 g/mol. The Morgan fingerprint density at radius 3 is 2.31 bits per heavy atom. The largest absolute Gasteiger partial charge is 0.360 e. The second-order valence-electron chi connectivity index (χ2n) is 5.77.